The number of benzene rings is 2. The first-order chi connectivity index (χ1) is 9.36. The Labute approximate surface area is 121 Å². The largest absolute Gasteiger partial charge is 0.489 e. The molecular formula is C14H9BrF4O. The van der Waals surface area contributed by atoms with Crippen LogP contribution in [0, 0.1) is 5.82 Å². The molecule has 0 aliphatic rings. The molecule has 106 valence electrons. The molecule has 0 saturated heterocycles. The molecule has 0 heterocycles. The summed E-state index contributed by atoms with van der Waals surface area (Å²) in [5.41, 5.74) is -0.0286. The van der Waals surface area contributed by atoms with E-state index < -0.39 is 11.7 Å². The summed E-state index contributed by atoms with van der Waals surface area (Å²) in [7, 11) is 0. The van der Waals surface area contributed by atoms with Crippen LogP contribution in [-0.2, 0) is 12.8 Å². The van der Waals surface area contributed by atoms with Gasteiger partial charge in [0.1, 0.15) is 18.2 Å². The van der Waals surface area contributed by atoms with Gasteiger partial charge in [-0.1, -0.05) is 22.0 Å². The van der Waals surface area contributed by atoms with Crippen molar-refractivity contribution in [2.75, 3.05) is 0 Å². The standard InChI is InChI=1S/C14H9BrF4O/c15-13-7-11(16)4-1-9(13)8-20-12-5-2-10(3-6-12)14(17,18)19/h1-7H,8H2. The third-order valence-electron chi connectivity index (χ3n) is 2.59. The van der Waals surface area contributed by atoms with Crippen molar-refractivity contribution in [1.29, 1.82) is 0 Å². The number of halogens is 5. The highest BCUT2D eigenvalue weighted by atomic mass is 79.9. The van der Waals surface area contributed by atoms with E-state index in [9.17, 15) is 17.6 Å². The third-order valence-corrected chi connectivity index (χ3v) is 3.33. The molecule has 0 aliphatic carbocycles. The molecule has 20 heavy (non-hydrogen) atoms. The number of ether oxygens (including phenoxy) is 1. The number of rotatable bonds is 3. The van der Waals surface area contributed by atoms with Gasteiger partial charge in [-0.3, -0.25) is 0 Å². The fourth-order valence-corrected chi connectivity index (χ4v) is 2.01. The maximum absolute atomic E-state index is 12.9. The van der Waals surface area contributed by atoms with Gasteiger partial charge in [-0.25, -0.2) is 4.39 Å². The van der Waals surface area contributed by atoms with Gasteiger partial charge in [0.15, 0.2) is 0 Å². The molecule has 0 unspecified atom stereocenters. The van der Waals surface area contributed by atoms with Gasteiger partial charge in [0.05, 0.1) is 5.56 Å². The molecule has 0 N–H and O–H groups in total. The fourth-order valence-electron chi connectivity index (χ4n) is 1.54. The molecule has 0 fully saturated rings. The SMILES string of the molecule is Fc1ccc(COc2ccc(C(F)(F)F)cc2)c(Br)c1. The van der Waals surface area contributed by atoms with Crippen LogP contribution in [0.2, 0.25) is 0 Å². The van der Waals surface area contributed by atoms with Crippen molar-refractivity contribution in [2.45, 2.75) is 12.8 Å². The molecule has 2 aromatic carbocycles. The van der Waals surface area contributed by atoms with Crippen molar-refractivity contribution in [3.05, 3.63) is 63.9 Å². The summed E-state index contributed by atoms with van der Waals surface area (Å²) in [6, 6.07) is 8.54. The van der Waals surface area contributed by atoms with Crippen molar-refractivity contribution in [3.63, 3.8) is 0 Å². The first-order valence-electron chi connectivity index (χ1n) is 5.60. The van der Waals surface area contributed by atoms with Crippen LogP contribution >= 0.6 is 15.9 Å². The van der Waals surface area contributed by atoms with Gasteiger partial charge in [-0.2, -0.15) is 13.2 Å². The van der Waals surface area contributed by atoms with E-state index in [1.54, 1.807) is 6.07 Å². The number of hydrogen-bond acceptors (Lipinski definition) is 1. The lowest BCUT2D eigenvalue weighted by molar-refractivity contribution is -0.137. The maximum atomic E-state index is 12.9. The first kappa shape index (κ1) is 14.8. The van der Waals surface area contributed by atoms with Crippen molar-refractivity contribution < 1.29 is 22.3 Å². The average molecular weight is 349 g/mol. The van der Waals surface area contributed by atoms with Crippen LogP contribution in [0.25, 0.3) is 0 Å². The highest BCUT2D eigenvalue weighted by molar-refractivity contribution is 9.10. The van der Waals surface area contributed by atoms with E-state index in [0.29, 0.717) is 15.8 Å². The Balaban J connectivity index is 2.04. The smallest absolute Gasteiger partial charge is 0.416 e. The van der Waals surface area contributed by atoms with E-state index in [1.807, 2.05) is 0 Å². The molecule has 0 radical (unpaired) electrons. The molecule has 0 atom stereocenters. The van der Waals surface area contributed by atoms with E-state index >= 15 is 0 Å². The Morgan fingerprint density at radius 1 is 1.00 bits per heavy atom. The summed E-state index contributed by atoms with van der Waals surface area (Å²) in [6.45, 7) is 0.131. The maximum Gasteiger partial charge on any atom is 0.416 e. The zero-order chi connectivity index (χ0) is 14.8. The minimum atomic E-state index is -4.36. The lowest BCUT2D eigenvalue weighted by atomic mass is 10.2. The molecular weight excluding hydrogens is 340 g/mol. The molecule has 1 nitrogen and oxygen atoms in total. The van der Waals surface area contributed by atoms with Crippen LogP contribution in [0.5, 0.6) is 5.75 Å². The lowest BCUT2D eigenvalue weighted by Crippen LogP contribution is -2.04. The summed E-state index contributed by atoms with van der Waals surface area (Å²) in [5, 5.41) is 0. The zero-order valence-electron chi connectivity index (χ0n) is 10.0. The Hall–Kier alpha value is -1.56. The minimum Gasteiger partial charge on any atom is -0.489 e. The van der Waals surface area contributed by atoms with Crippen LogP contribution in [0.4, 0.5) is 17.6 Å². The summed E-state index contributed by atoms with van der Waals surface area (Å²) in [5.74, 6) is -0.0654. The van der Waals surface area contributed by atoms with Gasteiger partial charge in [0, 0.05) is 10.0 Å². The molecule has 2 rings (SSSR count). The molecule has 0 bridgehead atoms. The van der Waals surface area contributed by atoms with E-state index in [2.05, 4.69) is 15.9 Å². The highest BCUT2D eigenvalue weighted by Gasteiger charge is 2.29. The highest BCUT2D eigenvalue weighted by Crippen LogP contribution is 2.30. The van der Waals surface area contributed by atoms with Crippen LogP contribution in [0.1, 0.15) is 11.1 Å². The molecule has 2 aromatic rings. The first-order valence-corrected chi connectivity index (χ1v) is 6.39. The Kier molecular flexibility index (Phi) is 4.32. The summed E-state index contributed by atoms with van der Waals surface area (Å²) < 4.78 is 55.9. The second-order valence-corrected chi connectivity index (χ2v) is 4.90. The molecule has 6 heteroatoms. The third kappa shape index (κ3) is 3.72. The molecule has 0 spiro atoms. The van der Waals surface area contributed by atoms with Crippen molar-refractivity contribution in [1.82, 2.24) is 0 Å². The predicted molar refractivity (Wildman–Crippen MR) is 69.9 cm³/mol. The van der Waals surface area contributed by atoms with E-state index in [-0.39, 0.29) is 12.4 Å². The monoisotopic (exact) mass is 348 g/mol. The number of alkyl halides is 3. The van der Waals surface area contributed by atoms with Crippen molar-refractivity contribution >= 4 is 15.9 Å². The zero-order valence-corrected chi connectivity index (χ0v) is 11.6. The van der Waals surface area contributed by atoms with Gasteiger partial charge in [-0.05, 0) is 36.4 Å². The van der Waals surface area contributed by atoms with Gasteiger partial charge in [0.2, 0.25) is 0 Å². The second-order valence-electron chi connectivity index (χ2n) is 4.05. The second kappa shape index (κ2) is 5.83. The predicted octanol–water partition coefficient (Wildman–Crippen LogP) is 5.19. The summed E-state index contributed by atoms with van der Waals surface area (Å²) in [4.78, 5) is 0. The van der Waals surface area contributed by atoms with Gasteiger partial charge in [0.25, 0.3) is 0 Å². The Bertz CT molecular complexity index is 593. The Morgan fingerprint density at radius 3 is 2.20 bits per heavy atom. The topological polar surface area (TPSA) is 9.23 Å². The van der Waals surface area contributed by atoms with Crippen molar-refractivity contribution in [2.24, 2.45) is 0 Å². The molecule has 0 saturated carbocycles. The van der Waals surface area contributed by atoms with Crippen molar-refractivity contribution in [3.8, 4) is 5.75 Å². The lowest BCUT2D eigenvalue weighted by Gasteiger charge is -2.10. The fraction of sp³-hybridized carbons (Fsp3) is 0.143. The average Bonchev–Trinajstić information content (AvgIpc) is 2.37. The number of hydrogen-bond donors (Lipinski definition) is 0. The van der Waals surface area contributed by atoms with Crippen LogP contribution < -0.4 is 4.74 Å². The molecule has 0 aromatic heterocycles. The minimum absolute atomic E-state index is 0.131. The van der Waals surface area contributed by atoms with E-state index in [0.717, 1.165) is 12.1 Å². The Morgan fingerprint density at radius 2 is 1.65 bits per heavy atom. The van der Waals surface area contributed by atoms with Gasteiger partial charge >= 0.3 is 6.18 Å². The summed E-state index contributed by atoms with van der Waals surface area (Å²) in [6.07, 6.45) is -4.36. The normalized spacial score (nSPS) is 11.4. The van der Waals surface area contributed by atoms with Crippen LogP contribution in [0.3, 0.4) is 0 Å². The molecule has 0 amide bonds. The molecule has 0 aliphatic heterocycles. The quantitative estimate of drug-likeness (QED) is 0.694. The van der Waals surface area contributed by atoms with Gasteiger partial charge in [-0.15, -0.1) is 0 Å². The van der Waals surface area contributed by atoms with E-state index in [1.165, 1.54) is 24.3 Å². The van der Waals surface area contributed by atoms with Crippen LogP contribution in [-0.4, -0.2) is 0 Å². The summed E-state index contributed by atoms with van der Waals surface area (Å²) >= 11 is 3.19. The van der Waals surface area contributed by atoms with Crippen LogP contribution in [0.15, 0.2) is 46.9 Å². The van der Waals surface area contributed by atoms with E-state index in [4.69, 9.17) is 4.74 Å². The van der Waals surface area contributed by atoms with Gasteiger partial charge < -0.3 is 4.74 Å².